The van der Waals surface area contributed by atoms with E-state index in [0.29, 0.717) is 0 Å². The largest absolute Gasteiger partial charge is 0.480 e. The number of hydrogen-bond acceptors (Lipinski definition) is 4. The van der Waals surface area contributed by atoms with Gasteiger partial charge < -0.3 is 10.4 Å². The van der Waals surface area contributed by atoms with Crippen LogP contribution in [0, 0.1) is 11.7 Å². The summed E-state index contributed by atoms with van der Waals surface area (Å²) in [7, 11) is -3.71. The maximum atomic E-state index is 13.5. The average molecular weight is 332 g/mol. The molecule has 0 unspecified atom stereocenters. The number of carboxylic acids is 1. The highest BCUT2D eigenvalue weighted by molar-refractivity contribution is 7.92. The standard InChI is InChI=1S/C13H17FN2O5S/c1-7(2)11(13(18)19)15-12(17)8-4-5-9(14)10(6-8)16-22(3,20)21/h4-7,11,16H,1-3H3,(H,15,17)(H,18,19)/t11-/m1/s1. The van der Waals surface area contributed by atoms with Gasteiger partial charge in [0.05, 0.1) is 11.9 Å². The number of anilines is 1. The summed E-state index contributed by atoms with van der Waals surface area (Å²) in [6.45, 7) is 3.25. The topological polar surface area (TPSA) is 113 Å². The van der Waals surface area contributed by atoms with Crippen molar-refractivity contribution in [2.45, 2.75) is 19.9 Å². The third kappa shape index (κ3) is 4.99. The number of sulfonamides is 1. The SMILES string of the molecule is CC(C)[C@@H](NC(=O)c1ccc(F)c(NS(C)(=O)=O)c1)C(=O)O. The monoisotopic (exact) mass is 332 g/mol. The molecule has 0 aromatic heterocycles. The van der Waals surface area contributed by atoms with Crippen LogP contribution in [0.25, 0.3) is 0 Å². The van der Waals surface area contributed by atoms with E-state index in [1.54, 1.807) is 13.8 Å². The van der Waals surface area contributed by atoms with Crippen molar-refractivity contribution in [2.75, 3.05) is 11.0 Å². The molecule has 1 atom stereocenters. The summed E-state index contributed by atoms with van der Waals surface area (Å²) in [5.74, 6) is -3.13. The van der Waals surface area contributed by atoms with Gasteiger partial charge in [-0.05, 0) is 24.1 Å². The van der Waals surface area contributed by atoms with Gasteiger partial charge >= 0.3 is 5.97 Å². The molecule has 0 fully saturated rings. The van der Waals surface area contributed by atoms with Gasteiger partial charge in [-0.3, -0.25) is 9.52 Å². The molecule has 0 bridgehead atoms. The molecular formula is C13H17FN2O5S. The number of carboxylic acid groups (broad SMARTS) is 1. The summed E-state index contributed by atoms with van der Waals surface area (Å²) in [4.78, 5) is 23.1. The highest BCUT2D eigenvalue weighted by Gasteiger charge is 2.24. The van der Waals surface area contributed by atoms with Crippen LogP contribution in [-0.4, -0.2) is 37.7 Å². The number of hydrogen-bond donors (Lipinski definition) is 3. The molecule has 122 valence electrons. The van der Waals surface area contributed by atoms with E-state index in [1.807, 2.05) is 4.72 Å². The molecular weight excluding hydrogens is 315 g/mol. The van der Waals surface area contributed by atoms with Crippen LogP contribution < -0.4 is 10.0 Å². The Morgan fingerprint density at radius 3 is 2.32 bits per heavy atom. The van der Waals surface area contributed by atoms with Crippen LogP contribution in [-0.2, 0) is 14.8 Å². The molecule has 1 aromatic carbocycles. The third-order valence-electron chi connectivity index (χ3n) is 2.74. The van der Waals surface area contributed by atoms with Crippen molar-refractivity contribution in [1.82, 2.24) is 5.32 Å². The van der Waals surface area contributed by atoms with E-state index in [9.17, 15) is 22.4 Å². The van der Waals surface area contributed by atoms with Gasteiger partial charge in [0.25, 0.3) is 5.91 Å². The summed E-state index contributed by atoms with van der Waals surface area (Å²) in [6.07, 6.45) is 0.846. The zero-order chi connectivity index (χ0) is 17.1. The molecule has 0 saturated carbocycles. The molecule has 0 spiro atoms. The predicted molar refractivity (Wildman–Crippen MR) is 78.6 cm³/mol. The second-order valence-electron chi connectivity index (χ2n) is 5.10. The van der Waals surface area contributed by atoms with Gasteiger partial charge in [0.2, 0.25) is 10.0 Å². The highest BCUT2D eigenvalue weighted by atomic mass is 32.2. The Labute approximate surface area is 127 Å². The van der Waals surface area contributed by atoms with Crippen LogP contribution in [0.1, 0.15) is 24.2 Å². The van der Waals surface area contributed by atoms with E-state index in [1.165, 1.54) is 0 Å². The minimum Gasteiger partial charge on any atom is -0.480 e. The van der Waals surface area contributed by atoms with E-state index >= 15 is 0 Å². The van der Waals surface area contributed by atoms with Crippen molar-refractivity contribution >= 4 is 27.6 Å². The third-order valence-corrected chi connectivity index (χ3v) is 3.33. The highest BCUT2D eigenvalue weighted by Crippen LogP contribution is 2.17. The molecule has 9 heteroatoms. The Bertz CT molecular complexity index is 688. The molecule has 3 N–H and O–H groups in total. The fraction of sp³-hybridized carbons (Fsp3) is 0.385. The van der Waals surface area contributed by atoms with Crippen molar-refractivity contribution in [3.8, 4) is 0 Å². The van der Waals surface area contributed by atoms with Crippen molar-refractivity contribution < 1.29 is 27.5 Å². The fourth-order valence-electron chi connectivity index (χ4n) is 1.68. The van der Waals surface area contributed by atoms with E-state index in [0.717, 1.165) is 24.5 Å². The van der Waals surface area contributed by atoms with Crippen molar-refractivity contribution in [3.63, 3.8) is 0 Å². The smallest absolute Gasteiger partial charge is 0.326 e. The lowest BCUT2D eigenvalue weighted by Gasteiger charge is -2.18. The predicted octanol–water partition coefficient (Wildman–Crippen LogP) is 1.04. The average Bonchev–Trinajstić information content (AvgIpc) is 2.35. The van der Waals surface area contributed by atoms with E-state index in [4.69, 9.17) is 5.11 Å². The van der Waals surface area contributed by atoms with Gasteiger partial charge in [-0.15, -0.1) is 0 Å². The van der Waals surface area contributed by atoms with Gasteiger partial charge in [0.15, 0.2) is 0 Å². The number of rotatable bonds is 6. The maximum Gasteiger partial charge on any atom is 0.326 e. The van der Waals surface area contributed by atoms with Crippen LogP contribution >= 0.6 is 0 Å². The Balaban J connectivity index is 3.04. The molecule has 0 radical (unpaired) electrons. The van der Waals surface area contributed by atoms with Gasteiger partial charge in [-0.2, -0.15) is 0 Å². The summed E-state index contributed by atoms with van der Waals surface area (Å²) in [5, 5.41) is 11.3. The van der Waals surface area contributed by atoms with Crippen LogP contribution in [0.4, 0.5) is 10.1 Å². The minimum atomic E-state index is -3.71. The molecule has 1 rings (SSSR count). The molecule has 0 aliphatic carbocycles. The molecule has 0 saturated heterocycles. The van der Waals surface area contributed by atoms with E-state index in [-0.39, 0.29) is 17.2 Å². The Kier molecular flexibility index (Phi) is 5.48. The van der Waals surface area contributed by atoms with Gasteiger partial charge in [0.1, 0.15) is 11.9 Å². The normalized spacial score (nSPS) is 12.8. The fourth-order valence-corrected chi connectivity index (χ4v) is 2.24. The van der Waals surface area contributed by atoms with Crippen molar-refractivity contribution in [3.05, 3.63) is 29.6 Å². The van der Waals surface area contributed by atoms with Gasteiger partial charge in [0, 0.05) is 5.56 Å². The summed E-state index contributed by atoms with van der Waals surface area (Å²) in [5.41, 5.74) is -0.439. The Morgan fingerprint density at radius 1 is 1.27 bits per heavy atom. The molecule has 0 heterocycles. The van der Waals surface area contributed by atoms with Crippen LogP contribution in [0.3, 0.4) is 0 Å². The van der Waals surface area contributed by atoms with E-state index < -0.39 is 33.8 Å². The lowest BCUT2D eigenvalue weighted by atomic mass is 10.0. The number of halogens is 1. The van der Waals surface area contributed by atoms with E-state index in [2.05, 4.69) is 5.32 Å². The first-order valence-corrected chi connectivity index (χ1v) is 8.21. The second-order valence-corrected chi connectivity index (χ2v) is 6.85. The summed E-state index contributed by atoms with van der Waals surface area (Å²) in [6, 6.07) is 1.96. The number of aliphatic carboxylic acids is 1. The first kappa shape index (κ1) is 17.9. The van der Waals surface area contributed by atoms with Crippen molar-refractivity contribution in [1.29, 1.82) is 0 Å². The maximum absolute atomic E-state index is 13.5. The zero-order valence-electron chi connectivity index (χ0n) is 12.3. The molecule has 1 amide bonds. The second kappa shape index (κ2) is 6.73. The lowest BCUT2D eigenvalue weighted by Crippen LogP contribution is -2.44. The Hall–Kier alpha value is -2.16. The molecule has 0 aliphatic rings. The van der Waals surface area contributed by atoms with Gasteiger partial charge in [-0.25, -0.2) is 17.6 Å². The zero-order valence-corrected chi connectivity index (χ0v) is 13.1. The Morgan fingerprint density at radius 2 is 1.86 bits per heavy atom. The first-order chi connectivity index (χ1) is 10.0. The van der Waals surface area contributed by atoms with Crippen LogP contribution in [0.15, 0.2) is 18.2 Å². The molecule has 1 aromatic rings. The number of carbonyl (C=O) groups excluding carboxylic acids is 1. The molecule has 7 nitrogen and oxygen atoms in total. The van der Waals surface area contributed by atoms with Crippen LogP contribution in [0.2, 0.25) is 0 Å². The number of benzene rings is 1. The lowest BCUT2D eigenvalue weighted by molar-refractivity contribution is -0.140. The number of nitrogens with one attached hydrogen (secondary N) is 2. The summed E-state index contributed by atoms with van der Waals surface area (Å²) < 4.78 is 37.7. The molecule has 0 aliphatic heterocycles. The molecule has 22 heavy (non-hydrogen) atoms. The van der Waals surface area contributed by atoms with Crippen LogP contribution in [0.5, 0.6) is 0 Å². The van der Waals surface area contributed by atoms with Gasteiger partial charge in [-0.1, -0.05) is 13.8 Å². The minimum absolute atomic E-state index is 0.0561. The van der Waals surface area contributed by atoms with Crippen molar-refractivity contribution in [2.24, 2.45) is 5.92 Å². The first-order valence-electron chi connectivity index (χ1n) is 6.32. The number of carbonyl (C=O) groups is 2. The quantitative estimate of drug-likeness (QED) is 0.720. The summed E-state index contributed by atoms with van der Waals surface area (Å²) >= 11 is 0. The number of amides is 1.